The quantitative estimate of drug-likeness (QED) is 0.814. The summed E-state index contributed by atoms with van der Waals surface area (Å²) in [6, 6.07) is 7.44. The van der Waals surface area contributed by atoms with Crippen molar-refractivity contribution in [3.63, 3.8) is 0 Å². The molecule has 2 heterocycles. The van der Waals surface area contributed by atoms with Crippen molar-refractivity contribution in [3.8, 4) is 0 Å². The van der Waals surface area contributed by atoms with Gasteiger partial charge in [-0.15, -0.1) is 0 Å². The van der Waals surface area contributed by atoms with E-state index in [0.717, 1.165) is 29.0 Å². The molecular formula is C18H20N2O3. The predicted octanol–water partition coefficient (Wildman–Crippen LogP) is 2.84. The molecule has 1 aliphatic heterocycles. The normalized spacial score (nSPS) is 13.7. The molecule has 3 rings (SSSR count). The van der Waals surface area contributed by atoms with Crippen molar-refractivity contribution in [1.29, 1.82) is 0 Å². The molecule has 5 heteroatoms. The number of rotatable bonds is 4. The molecule has 0 aliphatic carbocycles. The third-order valence-electron chi connectivity index (χ3n) is 4.32. The number of hydrogen-bond donors (Lipinski definition) is 0. The van der Waals surface area contributed by atoms with Crippen molar-refractivity contribution >= 4 is 11.7 Å². The summed E-state index contributed by atoms with van der Waals surface area (Å²) >= 11 is 0. The molecule has 0 spiro atoms. The second-order valence-electron chi connectivity index (χ2n) is 6.02. The smallest absolute Gasteiger partial charge is 0.223 e. The minimum absolute atomic E-state index is 0.00607. The lowest BCUT2D eigenvalue weighted by Crippen LogP contribution is -2.35. The molecule has 0 N–H and O–H groups in total. The van der Waals surface area contributed by atoms with Gasteiger partial charge >= 0.3 is 0 Å². The van der Waals surface area contributed by atoms with E-state index in [-0.39, 0.29) is 24.5 Å². The second-order valence-corrected chi connectivity index (χ2v) is 6.02. The Balaban J connectivity index is 1.56. The van der Waals surface area contributed by atoms with E-state index in [4.69, 9.17) is 4.52 Å². The van der Waals surface area contributed by atoms with Crippen molar-refractivity contribution in [2.24, 2.45) is 0 Å². The molecule has 1 aliphatic rings. The predicted molar refractivity (Wildman–Crippen MR) is 85.1 cm³/mol. The van der Waals surface area contributed by atoms with Crippen LogP contribution in [0, 0.1) is 13.8 Å². The van der Waals surface area contributed by atoms with Crippen LogP contribution >= 0.6 is 0 Å². The zero-order valence-corrected chi connectivity index (χ0v) is 13.5. The van der Waals surface area contributed by atoms with E-state index in [1.165, 1.54) is 0 Å². The molecule has 0 bridgehead atoms. The zero-order valence-electron chi connectivity index (χ0n) is 13.5. The highest BCUT2D eigenvalue weighted by molar-refractivity contribution is 5.98. The van der Waals surface area contributed by atoms with Gasteiger partial charge in [-0.2, -0.15) is 0 Å². The van der Waals surface area contributed by atoms with Gasteiger partial charge < -0.3 is 9.42 Å². The first kappa shape index (κ1) is 15.5. The molecule has 5 nitrogen and oxygen atoms in total. The number of nitrogens with zero attached hydrogens (tertiary/aromatic N) is 2. The lowest BCUT2D eigenvalue weighted by Gasteiger charge is -2.25. The van der Waals surface area contributed by atoms with Gasteiger partial charge in [-0.05, 0) is 20.3 Å². The van der Waals surface area contributed by atoms with Gasteiger partial charge in [-0.3, -0.25) is 9.59 Å². The largest absolute Gasteiger partial charge is 0.359 e. The topological polar surface area (TPSA) is 63.4 Å². The van der Waals surface area contributed by atoms with Crippen LogP contribution < -0.4 is 0 Å². The van der Waals surface area contributed by atoms with Crippen molar-refractivity contribution in [2.45, 2.75) is 39.7 Å². The number of carbonyl (C=O) groups is 2. The van der Waals surface area contributed by atoms with E-state index in [9.17, 15) is 9.59 Å². The van der Waals surface area contributed by atoms with E-state index < -0.39 is 0 Å². The van der Waals surface area contributed by atoms with Crippen LogP contribution in [0.5, 0.6) is 0 Å². The second kappa shape index (κ2) is 6.36. The zero-order chi connectivity index (χ0) is 16.4. The Morgan fingerprint density at radius 1 is 1.17 bits per heavy atom. The fourth-order valence-electron chi connectivity index (χ4n) is 2.85. The van der Waals surface area contributed by atoms with Gasteiger partial charge in [0, 0.05) is 30.5 Å². The van der Waals surface area contributed by atoms with Crippen LogP contribution in [-0.4, -0.2) is 28.3 Å². The highest BCUT2D eigenvalue weighted by Gasteiger charge is 2.25. The average Bonchev–Trinajstić information content (AvgIpc) is 2.93. The Bertz CT molecular complexity index is 731. The Labute approximate surface area is 135 Å². The van der Waals surface area contributed by atoms with Crippen LogP contribution in [0.3, 0.4) is 0 Å². The number of benzene rings is 1. The molecule has 0 saturated carbocycles. The van der Waals surface area contributed by atoms with Crippen LogP contribution in [0.2, 0.25) is 0 Å². The fraction of sp³-hybridized carbons (Fsp3) is 0.389. The molecular weight excluding hydrogens is 292 g/mol. The molecule has 23 heavy (non-hydrogen) atoms. The first-order chi connectivity index (χ1) is 11.0. The summed E-state index contributed by atoms with van der Waals surface area (Å²) in [7, 11) is 0. The Kier molecular flexibility index (Phi) is 4.28. The maximum atomic E-state index is 12.3. The monoisotopic (exact) mass is 312 g/mol. The third-order valence-corrected chi connectivity index (χ3v) is 4.32. The van der Waals surface area contributed by atoms with E-state index in [2.05, 4.69) is 5.16 Å². The molecule has 0 fully saturated rings. The van der Waals surface area contributed by atoms with E-state index >= 15 is 0 Å². The van der Waals surface area contributed by atoms with Gasteiger partial charge in [0.05, 0.1) is 12.2 Å². The van der Waals surface area contributed by atoms with Crippen molar-refractivity contribution in [2.75, 3.05) is 6.54 Å². The van der Waals surface area contributed by atoms with Crippen LogP contribution in [0.15, 0.2) is 28.8 Å². The summed E-state index contributed by atoms with van der Waals surface area (Å²) in [4.78, 5) is 26.2. The number of Topliss-reactive ketones (excluding diaryl/α,β-unsaturated/α-hetero) is 1. The van der Waals surface area contributed by atoms with Crippen LogP contribution in [0.4, 0.5) is 0 Å². The fourth-order valence-corrected chi connectivity index (χ4v) is 2.85. The summed E-state index contributed by atoms with van der Waals surface area (Å²) < 4.78 is 5.26. The Morgan fingerprint density at radius 3 is 2.65 bits per heavy atom. The summed E-state index contributed by atoms with van der Waals surface area (Å²) in [6.45, 7) is 5.01. The number of aromatic nitrogens is 1. The van der Waals surface area contributed by atoms with Gasteiger partial charge in [-0.25, -0.2) is 0 Å². The maximum absolute atomic E-state index is 12.3. The average molecular weight is 312 g/mol. The standard InChI is InChI=1S/C18H20N2O3/c1-12-3-5-14(6-4-12)16(21)7-8-18(22)20-10-9-15-13(2)19-23-17(15)11-20/h3-6H,7-11H2,1-2H3. The maximum Gasteiger partial charge on any atom is 0.223 e. The lowest BCUT2D eigenvalue weighted by atomic mass is 10.0. The summed E-state index contributed by atoms with van der Waals surface area (Å²) in [5.74, 6) is 0.767. The third kappa shape index (κ3) is 3.33. The van der Waals surface area contributed by atoms with Gasteiger partial charge in [-0.1, -0.05) is 35.0 Å². The van der Waals surface area contributed by atoms with Crippen molar-refractivity contribution in [1.82, 2.24) is 10.1 Å². The molecule has 1 aromatic carbocycles. The molecule has 1 amide bonds. The van der Waals surface area contributed by atoms with E-state index in [1.54, 1.807) is 4.90 Å². The molecule has 120 valence electrons. The number of fused-ring (bicyclic) bond motifs is 1. The molecule has 0 unspecified atom stereocenters. The minimum Gasteiger partial charge on any atom is -0.359 e. The molecule has 1 aromatic heterocycles. The SMILES string of the molecule is Cc1ccc(C(=O)CCC(=O)N2CCc3c(C)noc3C2)cc1. The highest BCUT2D eigenvalue weighted by Crippen LogP contribution is 2.22. The molecule has 0 atom stereocenters. The highest BCUT2D eigenvalue weighted by atomic mass is 16.5. The first-order valence-electron chi connectivity index (χ1n) is 7.86. The summed E-state index contributed by atoms with van der Waals surface area (Å²) in [6.07, 6.45) is 1.23. The number of amides is 1. The molecule has 2 aromatic rings. The molecule has 0 saturated heterocycles. The molecule has 0 radical (unpaired) electrons. The number of carbonyl (C=O) groups excluding carboxylic acids is 2. The van der Waals surface area contributed by atoms with E-state index in [1.807, 2.05) is 38.1 Å². The van der Waals surface area contributed by atoms with Crippen molar-refractivity contribution < 1.29 is 14.1 Å². The van der Waals surface area contributed by atoms with Crippen LogP contribution in [0.1, 0.15) is 45.8 Å². The van der Waals surface area contributed by atoms with Gasteiger partial charge in [0.2, 0.25) is 5.91 Å². The number of ketones is 1. The first-order valence-corrected chi connectivity index (χ1v) is 7.86. The van der Waals surface area contributed by atoms with Gasteiger partial charge in [0.25, 0.3) is 0 Å². The number of aryl methyl sites for hydroxylation is 2. The number of hydrogen-bond acceptors (Lipinski definition) is 4. The Morgan fingerprint density at radius 2 is 1.91 bits per heavy atom. The lowest BCUT2D eigenvalue weighted by molar-refractivity contribution is -0.132. The Hall–Kier alpha value is -2.43. The minimum atomic E-state index is -0.00911. The van der Waals surface area contributed by atoms with E-state index in [0.29, 0.717) is 18.7 Å². The van der Waals surface area contributed by atoms with Gasteiger partial charge in [0.15, 0.2) is 11.5 Å². The van der Waals surface area contributed by atoms with Crippen LogP contribution in [-0.2, 0) is 17.8 Å². The summed E-state index contributed by atoms with van der Waals surface area (Å²) in [5, 5.41) is 3.95. The van der Waals surface area contributed by atoms with Crippen molar-refractivity contribution in [3.05, 3.63) is 52.4 Å². The van der Waals surface area contributed by atoms with Gasteiger partial charge in [0.1, 0.15) is 0 Å². The van der Waals surface area contributed by atoms with Crippen LogP contribution in [0.25, 0.3) is 0 Å². The summed E-state index contributed by atoms with van der Waals surface area (Å²) in [5.41, 5.74) is 3.80.